The minimum Gasteiger partial charge on any atom is -0.363 e. The number of aromatic nitrogens is 3. The zero-order valence-electron chi connectivity index (χ0n) is 13.3. The number of benzene rings is 1. The number of nitrogens with zero attached hydrogens (tertiary/aromatic N) is 3. The number of para-hydroxylation sites is 1. The first-order valence-electron chi connectivity index (χ1n) is 7.48. The molecule has 0 saturated heterocycles. The molecule has 2 heterocycles. The van der Waals surface area contributed by atoms with Crippen LogP contribution in [0.3, 0.4) is 0 Å². The van der Waals surface area contributed by atoms with Crippen molar-refractivity contribution in [1.82, 2.24) is 14.8 Å². The third-order valence-corrected chi connectivity index (χ3v) is 4.44. The van der Waals surface area contributed by atoms with Crippen LogP contribution in [0.5, 0.6) is 0 Å². The van der Waals surface area contributed by atoms with E-state index in [0.717, 1.165) is 5.69 Å². The Morgan fingerprint density at radius 3 is 2.48 bits per heavy atom. The van der Waals surface area contributed by atoms with Crippen molar-refractivity contribution < 1.29 is 4.79 Å². The first-order chi connectivity index (χ1) is 12.0. The second kappa shape index (κ2) is 7.55. The average Bonchev–Trinajstić information content (AvgIpc) is 2.88. The Kier molecular flexibility index (Phi) is 5.21. The third-order valence-electron chi connectivity index (χ3n) is 3.60. The molecule has 25 heavy (non-hydrogen) atoms. The summed E-state index contributed by atoms with van der Waals surface area (Å²) in [4.78, 5) is 12.1. The normalized spacial score (nSPS) is 10.5. The molecule has 1 aromatic carbocycles. The number of hydrogen-bond donors (Lipinski definition) is 2. The molecule has 8 heteroatoms. The maximum Gasteiger partial charge on any atom is 0.276 e. The van der Waals surface area contributed by atoms with Crippen LogP contribution >= 0.6 is 23.2 Å². The Morgan fingerprint density at radius 2 is 1.88 bits per heavy atom. The van der Waals surface area contributed by atoms with Gasteiger partial charge in [0.05, 0.1) is 11.6 Å². The van der Waals surface area contributed by atoms with Crippen LogP contribution in [0.25, 0.3) is 0 Å². The largest absolute Gasteiger partial charge is 0.363 e. The molecule has 0 unspecified atom stereocenters. The Labute approximate surface area is 154 Å². The molecule has 2 N–H and O–H groups in total. The van der Waals surface area contributed by atoms with Gasteiger partial charge in [-0.2, -0.15) is 0 Å². The molecule has 0 atom stereocenters. The van der Waals surface area contributed by atoms with Gasteiger partial charge in [0.2, 0.25) is 0 Å². The lowest BCUT2D eigenvalue weighted by Gasteiger charge is -2.07. The van der Waals surface area contributed by atoms with Gasteiger partial charge in [-0.25, -0.2) is 0 Å². The predicted octanol–water partition coefficient (Wildman–Crippen LogP) is 3.99. The van der Waals surface area contributed by atoms with E-state index in [2.05, 4.69) is 20.8 Å². The van der Waals surface area contributed by atoms with Crippen molar-refractivity contribution in [2.45, 2.75) is 6.54 Å². The van der Waals surface area contributed by atoms with E-state index in [9.17, 15) is 4.79 Å². The van der Waals surface area contributed by atoms with E-state index in [-0.39, 0.29) is 11.6 Å². The van der Waals surface area contributed by atoms with Crippen molar-refractivity contribution in [2.24, 2.45) is 7.05 Å². The van der Waals surface area contributed by atoms with Crippen molar-refractivity contribution >= 4 is 40.6 Å². The number of rotatable bonds is 5. The molecule has 0 aliphatic heterocycles. The average molecular weight is 376 g/mol. The maximum atomic E-state index is 12.1. The second-order valence-corrected chi connectivity index (χ2v) is 6.08. The standard InChI is InChI=1S/C17H15Cl2N5O/c1-24-12(9-13(18)16(24)19)10-20-15-8-7-14(22-23-15)17(25)21-11-5-3-2-4-6-11/h2-9H,10H2,1H3,(H,20,23)(H,21,25). The molecule has 0 spiro atoms. The Hall–Kier alpha value is -2.57. The third kappa shape index (κ3) is 4.10. The van der Waals surface area contributed by atoms with Crippen LogP contribution in [0.15, 0.2) is 48.5 Å². The molecule has 128 valence electrons. The fourth-order valence-corrected chi connectivity index (χ4v) is 2.62. The monoisotopic (exact) mass is 375 g/mol. The number of halogens is 2. The molecule has 0 aliphatic rings. The van der Waals surface area contributed by atoms with E-state index in [1.165, 1.54) is 0 Å². The first-order valence-corrected chi connectivity index (χ1v) is 8.24. The molecule has 2 aromatic heterocycles. The van der Waals surface area contributed by atoms with Gasteiger partial charge in [-0.05, 0) is 30.3 Å². The highest BCUT2D eigenvalue weighted by molar-refractivity contribution is 6.41. The topological polar surface area (TPSA) is 71.8 Å². The minimum atomic E-state index is -0.314. The van der Waals surface area contributed by atoms with Crippen LogP contribution in [-0.2, 0) is 13.6 Å². The molecule has 0 aliphatic carbocycles. The van der Waals surface area contributed by atoms with Gasteiger partial charge in [-0.15, -0.1) is 10.2 Å². The van der Waals surface area contributed by atoms with Gasteiger partial charge >= 0.3 is 0 Å². The summed E-state index contributed by atoms with van der Waals surface area (Å²) >= 11 is 12.0. The molecule has 6 nitrogen and oxygen atoms in total. The summed E-state index contributed by atoms with van der Waals surface area (Å²) in [5.74, 6) is 0.232. The number of amides is 1. The molecule has 0 saturated carbocycles. The van der Waals surface area contributed by atoms with Crippen LogP contribution in [0.2, 0.25) is 10.2 Å². The first kappa shape index (κ1) is 17.3. The van der Waals surface area contributed by atoms with E-state index in [0.29, 0.717) is 28.2 Å². The molecule has 3 aromatic rings. The van der Waals surface area contributed by atoms with E-state index in [1.54, 1.807) is 34.9 Å². The maximum absolute atomic E-state index is 12.1. The highest BCUT2D eigenvalue weighted by atomic mass is 35.5. The van der Waals surface area contributed by atoms with Crippen molar-refractivity contribution in [3.8, 4) is 0 Å². The van der Waals surface area contributed by atoms with Gasteiger partial charge in [0.25, 0.3) is 5.91 Å². The van der Waals surface area contributed by atoms with Crippen LogP contribution < -0.4 is 10.6 Å². The Morgan fingerprint density at radius 1 is 1.12 bits per heavy atom. The lowest BCUT2D eigenvalue weighted by molar-refractivity contribution is 0.102. The number of nitrogens with one attached hydrogen (secondary N) is 2. The lowest BCUT2D eigenvalue weighted by atomic mass is 10.3. The molecule has 1 amide bonds. The Balaban J connectivity index is 1.62. The molecule has 0 fully saturated rings. The number of anilines is 2. The summed E-state index contributed by atoms with van der Waals surface area (Å²) in [5, 5.41) is 14.8. The van der Waals surface area contributed by atoms with Gasteiger partial charge in [0.1, 0.15) is 11.0 Å². The van der Waals surface area contributed by atoms with Crippen molar-refractivity contribution in [1.29, 1.82) is 0 Å². The zero-order valence-corrected chi connectivity index (χ0v) is 14.8. The van der Waals surface area contributed by atoms with Gasteiger partial charge < -0.3 is 15.2 Å². The van der Waals surface area contributed by atoms with Gasteiger partial charge in [0.15, 0.2) is 5.69 Å². The Bertz CT molecular complexity index is 878. The van der Waals surface area contributed by atoms with Gasteiger partial charge in [-0.1, -0.05) is 41.4 Å². The highest BCUT2D eigenvalue weighted by Gasteiger charge is 2.10. The predicted molar refractivity (Wildman–Crippen MR) is 99.2 cm³/mol. The minimum absolute atomic E-state index is 0.236. The molecule has 0 radical (unpaired) electrons. The van der Waals surface area contributed by atoms with E-state index >= 15 is 0 Å². The lowest BCUT2D eigenvalue weighted by Crippen LogP contribution is -2.15. The van der Waals surface area contributed by atoms with Crippen LogP contribution in [0, 0.1) is 0 Å². The van der Waals surface area contributed by atoms with Gasteiger partial charge in [0, 0.05) is 18.4 Å². The molecule has 0 bridgehead atoms. The summed E-state index contributed by atoms with van der Waals surface area (Å²) in [6.07, 6.45) is 0. The van der Waals surface area contributed by atoms with Crippen LogP contribution in [0.4, 0.5) is 11.5 Å². The molecular weight excluding hydrogens is 361 g/mol. The van der Waals surface area contributed by atoms with Crippen molar-refractivity contribution in [3.63, 3.8) is 0 Å². The summed E-state index contributed by atoms with van der Waals surface area (Å²) in [7, 11) is 1.83. The van der Waals surface area contributed by atoms with Gasteiger partial charge in [-0.3, -0.25) is 4.79 Å². The molecular formula is C17H15Cl2N5O. The van der Waals surface area contributed by atoms with Crippen molar-refractivity contribution in [3.05, 3.63) is 70.1 Å². The van der Waals surface area contributed by atoms with E-state index < -0.39 is 0 Å². The fraction of sp³-hybridized carbons (Fsp3) is 0.118. The second-order valence-electron chi connectivity index (χ2n) is 5.31. The number of carbonyl (C=O) groups is 1. The van der Waals surface area contributed by atoms with Crippen LogP contribution in [0.1, 0.15) is 16.2 Å². The summed E-state index contributed by atoms with van der Waals surface area (Å²) in [6.45, 7) is 0.479. The SMILES string of the molecule is Cn1c(CNc2ccc(C(=O)Nc3ccccc3)nn2)cc(Cl)c1Cl. The number of hydrogen-bond acceptors (Lipinski definition) is 4. The van der Waals surface area contributed by atoms with E-state index in [4.69, 9.17) is 23.2 Å². The summed E-state index contributed by atoms with van der Waals surface area (Å²) in [6, 6.07) is 14.3. The molecule has 3 rings (SSSR count). The summed E-state index contributed by atoms with van der Waals surface area (Å²) < 4.78 is 1.78. The van der Waals surface area contributed by atoms with Crippen molar-refractivity contribution in [2.75, 3.05) is 10.6 Å². The smallest absolute Gasteiger partial charge is 0.276 e. The quantitative estimate of drug-likeness (QED) is 0.707. The summed E-state index contributed by atoms with van der Waals surface area (Å²) in [5.41, 5.74) is 1.84. The highest BCUT2D eigenvalue weighted by Crippen LogP contribution is 2.25. The zero-order chi connectivity index (χ0) is 17.8. The number of carbonyl (C=O) groups excluding carboxylic acids is 1. The van der Waals surface area contributed by atoms with Crippen LogP contribution in [-0.4, -0.2) is 20.7 Å². The van der Waals surface area contributed by atoms with E-state index in [1.807, 2.05) is 25.2 Å². The fourth-order valence-electron chi connectivity index (χ4n) is 2.20.